The van der Waals surface area contributed by atoms with Crippen LogP contribution in [0.2, 0.25) is 0 Å². The number of aromatic nitrogens is 2. The summed E-state index contributed by atoms with van der Waals surface area (Å²) in [7, 11) is 0. The monoisotopic (exact) mass is 210 g/mol. The molecule has 0 saturated carbocycles. The Morgan fingerprint density at radius 3 is 2.75 bits per heavy atom. The number of aromatic hydroxyl groups is 1. The molecule has 2 aromatic heterocycles. The highest BCUT2D eigenvalue weighted by molar-refractivity contribution is 5.66. The molecular formula is C13H10N2O. The SMILES string of the molecule is Oc1cccc(-c2cc3ccccn3n2)c1. The molecule has 3 nitrogen and oxygen atoms in total. The molecule has 78 valence electrons. The summed E-state index contributed by atoms with van der Waals surface area (Å²) in [6, 6.07) is 15.0. The third kappa shape index (κ3) is 1.42. The number of nitrogens with zero attached hydrogens (tertiary/aromatic N) is 2. The highest BCUT2D eigenvalue weighted by Gasteiger charge is 2.03. The fraction of sp³-hybridized carbons (Fsp3) is 0. The van der Waals surface area contributed by atoms with E-state index in [1.54, 1.807) is 12.1 Å². The molecular weight excluding hydrogens is 200 g/mol. The van der Waals surface area contributed by atoms with Crippen LogP contribution in [0.25, 0.3) is 16.8 Å². The van der Waals surface area contributed by atoms with E-state index in [1.807, 2.05) is 47.1 Å². The Hall–Kier alpha value is -2.29. The van der Waals surface area contributed by atoms with E-state index in [2.05, 4.69) is 5.10 Å². The molecule has 0 unspecified atom stereocenters. The summed E-state index contributed by atoms with van der Waals surface area (Å²) in [5, 5.41) is 13.8. The van der Waals surface area contributed by atoms with Gasteiger partial charge in [-0.25, -0.2) is 4.52 Å². The van der Waals surface area contributed by atoms with Gasteiger partial charge in [0.25, 0.3) is 0 Å². The van der Waals surface area contributed by atoms with Crippen molar-refractivity contribution in [3.8, 4) is 17.0 Å². The number of fused-ring (bicyclic) bond motifs is 1. The lowest BCUT2D eigenvalue weighted by Crippen LogP contribution is -1.84. The maximum absolute atomic E-state index is 9.41. The summed E-state index contributed by atoms with van der Waals surface area (Å²) < 4.78 is 1.82. The van der Waals surface area contributed by atoms with Crippen LogP contribution in [0.5, 0.6) is 5.75 Å². The molecule has 3 rings (SSSR count). The second-order valence-electron chi connectivity index (χ2n) is 3.65. The van der Waals surface area contributed by atoms with E-state index in [4.69, 9.17) is 0 Å². The largest absolute Gasteiger partial charge is 0.508 e. The second-order valence-corrected chi connectivity index (χ2v) is 3.65. The highest BCUT2D eigenvalue weighted by atomic mass is 16.3. The van der Waals surface area contributed by atoms with Gasteiger partial charge in [0.15, 0.2) is 0 Å². The molecule has 0 aliphatic heterocycles. The fourth-order valence-electron chi connectivity index (χ4n) is 1.74. The van der Waals surface area contributed by atoms with Crippen molar-refractivity contribution in [3.63, 3.8) is 0 Å². The number of hydrogen-bond donors (Lipinski definition) is 1. The van der Waals surface area contributed by atoms with Crippen molar-refractivity contribution in [1.29, 1.82) is 0 Å². The third-order valence-corrected chi connectivity index (χ3v) is 2.51. The first-order chi connectivity index (χ1) is 7.83. The smallest absolute Gasteiger partial charge is 0.116 e. The summed E-state index contributed by atoms with van der Waals surface area (Å²) in [6.45, 7) is 0. The van der Waals surface area contributed by atoms with E-state index >= 15 is 0 Å². The number of hydrogen-bond acceptors (Lipinski definition) is 2. The lowest BCUT2D eigenvalue weighted by molar-refractivity contribution is 0.475. The van der Waals surface area contributed by atoms with Gasteiger partial charge >= 0.3 is 0 Å². The molecule has 3 heteroatoms. The van der Waals surface area contributed by atoms with Crippen LogP contribution in [0.1, 0.15) is 0 Å². The van der Waals surface area contributed by atoms with Gasteiger partial charge in [-0.2, -0.15) is 5.10 Å². The Morgan fingerprint density at radius 1 is 1.00 bits per heavy atom. The van der Waals surface area contributed by atoms with E-state index in [9.17, 15) is 5.11 Å². The summed E-state index contributed by atoms with van der Waals surface area (Å²) in [4.78, 5) is 0. The van der Waals surface area contributed by atoms with E-state index < -0.39 is 0 Å². The molecule has 0 saturated heterocycles. The minimum absolute atomic E-state index is 0.259. The molecule has 0 fully saturated rings. The Kier molecular flexibility index (Phi) is 1.90. The van der Waals surface area contributed by atoms with Crippen LogP contribution >= 0.6 is 0 Å². The molecule has 16 heavy (non-hydrogen) atoms. The molecule has 1 aromatic carbocycles. The van der Waals surface area contributed by atoms with Crippen molar-refractivity contribution < 1.29 is 5.11 Å². The van der Waals surface area contributed by atoms with Crippen LogP contribution in [-0.2, 0) is 0 Å². The standard InChI is InChI=1S/C13H10N2O/c16-12-6-3-4-10(8-12)13-9-11-5-1-2-7-15(11)14-13/h1-9,16H. The summed E-state index contributed by atoms with van der Waals surface area (Å²) in [5.74, 6) is 0.259. The predicted molar refractivity (Wildman–Crippen MR) is 62.3 cm³/mol. The normalized spacial score (nSPS) is 10.8. The molecule has 1 N–H and O–H groups in total. The van der Waals surface area contributed by atoms with E-state index in [-0.39, 0.29) is 5.75 Å². The first-order valence-electron chi connectivity index (χ1n) is 5.07. The van der Waals surface area contributed by atoms with Crippen molar-refractivity contribution in [1.82, 2.24) is 9.61 Å². The quantitative estimate of drug-likeness (QED) is 0.670. The molecule has 2 heterocycles. The Bertz CT molecular complexity index is 610. The van der Waals surface area contributed by atoms with E-state index in [1.165, 1.54) is 0 Å². The molecule has 0 amide bonds. The van der Waals surface area contributed by atoms with Crippen LogP contribution in [0, 0.1) is 0 Å². The molecule has 0 atom stereocenters. The van der Waals surface area contributed by atoms with Gasteiger partial charge in [-0.15, -0.1) is 0 Å². The van der Waals surface area contributed by atoms with Gasteiger partial charge in [0.2, 0.25) is 0 Å². The number of phenolic OH excluding ortho intramolecular Hbond substituents is 1. The van der Waals surface area contributed by atoms with Crippen molar-refractivity contribution in [2.24, 2.45) is 0 Å². The van der Waals surface area contributed by atoms with Crippen LogP contribution in [0.4, 0.5) is 0 Å². The minimum atomic E-state index is 0.259. The Balaban J connectivity index is 2.19. The van der Waals surface area contributed by atoms with Crippen LogP contribution in [0.15, 0.2) is 54.7 Å². The van der Waals surface area contributed by atoms with Gasteiger partial charge in [-0.3, -0.25) is 0 Å². The third-order valence-electron chi connectivity index (χ3n) is 2.51. The molecule has 0 aliphatic carbocycles. The zero-order valence-electron chi connectivity index (χ0n) is 8.54. The summed E-state index contributed by atoms with van der Waals surface area (Å²) in [5.41, 5.74) is 2.83. The van der Waals surface area contributed by atoms with Crippen molar-refractivity contribution >= 4 is 5.52 Å². The minimum Gasteiger partial charge on any atom is -0.508 e. The lowest BCUT2D eigenvalue weighted by atomic mass is 10.1. The Morgan fingerprint density at radius 2 is 1.94 bits per heavy atom. The van der Waals surface area contributed by atoms with Gasteiger partial charge in [-0.05, 0) is 30.3 Å². The maximum atomic E-state index is 9.41. The predicted octanol–water partition coefficient (Wildman–Crippen LogP) is 2.71. The van der Waals surface area contributed by atoms with Gasteiger partial charge in [-0.1, -0.05) is 18.2 Å². The zero-order chi connectivity index (χ0) is 11.0. The average molecular weight is 210 g/mol. The number of rotatable bonds is 1. The summed E-state index contributed by atoms with van der Waals surface area (Å²) in [6.07, 6.45) is 1.90. The van der Waals surface area contributed by atoms with Gasteiger partial charge in [0.1, 0.15) is 5.75 Å². The highest BCUT2D eigenvalue weighted by Crippen LogP contribution is 2.22. The molecule has 3 aromatic rings. The first-order valence-corrected chi connectivity index (χ1v) is 5.07. The number of pyridine rings is 1. The summed E-state index contributed by atoms with van der Waals surface area (Å²) >= 11 is 0. The van der Waals surface area contributed by atoms with Crippen molar-refractivity contribution in [2.75, 3.05) is 0 Å². The van der Waals surface area contributed by atoms with Crippen LogP contribution in [0.3, 0.4) is 0 Å². The number of benzene rings is 1. The van der Waals surface area contributed by atoms with Crippen molar-refractivity contribution in [2.45, 2.75) is 0 Å². The first kappa shape index (κ1) is 8.97. The van der Waals surface area contributed by atoms with Gasteiger partial charge < -0.3 is 5.11 Å². The van der Waals surface area contributed by atoms with Gasteiger partial charge in [0.05, 0.1) is 11.2 Å². The topological polar surface area (TPSA) is 37.5 Å². The lowest BCUT2D eigenvalue weighted by Gasteiger charge is -1.96. The Labute approximate surface area is 92.6 Å². The van der Waals surface area contributed by atoms with Crippen molar-refractivity contribution in [3.05, 3.63) is 54.7 Å². The zero-order valence-corrected chi connectivity index (χ0v) is 8.54. The van der Waals surface area contributed by atoms with E-state index in [0.717, 1.165) is 16.8 Å². The average Bonchev–Trinajstić information content (AvgIpc) is 2.72. The molecule has 0 radical (unpaired) electrons. The van der Waals surface area contributed by atoms with Crippen LogP contribution < -0.4 is 0 Å². The van der Waals surface area contributed by atoms with E-state index in [0.29, 0.717) is 0 Å². The van der Waals surface area contributed by atoms with Gasteiger partial charge in [0, 0.05) is 11.8 Å². The molecule has 0 spiro atoms. The fourth-order valence-corrected chi connectivity index (χ4v) is 1.74. The second kappa shape index (κ2) is 3.38. The van der Waals surface area contributed by atoms with Crippen LogP contribution in [-0.4, -0.2) is 14.7 Å². The maximum Gasteiger partial charge on any atom is 0.116 e. The number of phenols is 1. The molecule has 0 aliphatic rings. The molecule has 0 bridgehead atoms.